The van der Waals surface area contributed by atoms with Gasteiger partial charge in [-0.15, -0.1) is 0 Å². The highest BCUT2D eigenvalue weighted by Gasteiger charge is 2.18. The van der Waals surface area contributed by atoms with E-state index >= 15 is 0 Å². The summed E-state index contributed by atoms with van der Waals surface area (Å²) in [6, 6.07) is 14.6. The van der Waals surface area contributed by atoms with E-state index < -0.39 is 0 Å². The normalized spacial score (nSPS) is 11.2. The average molecular weight is 347 g/mol. The minimum atomic E-state index is 0. The number of hydrogen-bond acceptors (Lipinski definition) is 0. The van der Waals surface area contributed by atoms with Crippen molar-refractivity contribution in [2.75, 3.05) is 0 Å². The van der Waals surface area contributed by atoms with Crippen LogP contribution >= 0.6 is 11.6 Å². The summed E-state index contributed by atoms with van der Waals surface area (Å²) >= 11 is 6.11. The molecule has 0 saturated carbocycles. The zero-order valence-electron chi connectivity index (χ0n) is 15.9. The van der Waals surface area contributed by atoms with Crippen LogP contribution in [-0.2, 0) is 10.8 Å². The molecule has 0 aliphatic carbocycles. The molecule has 0 aromatic heterocycles. The highest BCUT2D eigenvalue weighted by molar-refractivity contribution is 6.31. The van der Waals surface area contributed by atoms with Gasteiger partial charge < -0.3 is 0 Å². The molecule has 0 atom stereocenters. The Hall–Kier alpha value is -1.27. The van der Waals surface area contributed by atoms with E-state index in [1.54, 1.807) is 0 Å². The molecule has 0 heterocycles. The van der Waals surface area contributed by atoms with Gasteiger partial charge in [-0.2, -0.15) is 0 Å². The first-order valence-electron chi connectivity index (χ1n) is 8.26. The Balaban J connectivity index is 0.000000425. The molecule has 0 aliphatic rings. The zero-order chi connectivity index (χ0) is 17.8. The Bertz CT molecular complexity index is 620. The van der Waals surface area contributed by atoms with Crippen molar-refractivity contribution in [3.63, 3.8) is 0 Å². The Labute approximate surface area is 155 Å². The maximum atomic E-state index is 6.11. The van der Waals surface area contributed by atoms with Gasteiger partial charge in [-0.1, -0.05) is 97.0 Å². The van der Waals surface area contributed by atoms with Crippen molar-refractivity contribution in [1.29, 1.82) is 0 Å². The van der Waals surface area contributed by atoms with E-state index in [0.29, 0.717) is 0 Å². The molecule has 134 valence electrons. The van der Waals surface area contributed by atoms with Crippen molar-refractivity contribution in [3.05, 3.63) is 69.7 Å². The molecule has 0 saturated heterocycles. The molecule has 0 N–H and O–H groups in total. The molecule has 0 unspecified atom stereocenters. The monoisotopic (exact) mass is 346 g/mol. The Morgan fingerprint density at radius 2 is 1.17 bits per heavy atom. The third-order valence-electron chi connectivity index (χ3n) is 3.93. The first-order valence-corrected chi connectivity index (χ1v) is 8.64. The van der Waals surface area contributed by atoms with Crippen molar-refractivity contribution in [2.45, 2.75) is 73.6 Å². The summed E-state index contributed by atoms with van der Waals surface area (Å²) < 4.78 is 0. The second kappa shape index (κ2) is 8.72. The van der Waals surface area contributed by atoms with E-state index in [0.717, 1.165) is 5.02 Å². The smallest absolute Gasteiger partial charge is 0.0445 e. The first-order chi connectivity index (χ1) is 10.4. The number of halogens is 1. The van der Waals surface area contributed by atoms with Gasteiger partial charge >= 0.3 is 0 Å². The molecule has 0 spiro atoms. The molecule has 0 fully saturated rings. The highest BCUT2D eigenvalue weighted by Crippen LogP contribution is 2.31. The van der Waals surface area contributed by atoms with E-state index in [9.17, 15) is 0 Å². The molecule has 1 heteroatoms. The van der Waals surface area contributed by atoms with Crippen LogP contribution in [0.2, 0.25) is 5.02 Å². The van der Waals surface area contributed by atoms with Gasteiger partial charge in [-0.05, 0) is 53.0 Å². The zero-order valence-corrected chi connectivity index (χ0v) is 16.7. The minimum absolute atomic E-state index is 0. The largest absolute Gasteiger partial charge is 0.0840 e. The molecule has 0 amide bonds. The molecule has 2 rings (SSSR count). The molecule has 2 aromatic carbocycles. The van der Waals surface area contributed by atoms with Crippen molar-refractivity contribution < 1.29 is 0 Å². The lowest BCUT2D eigenvalue weighted by Gasteiger charge is -2.22. The van der Waals surface area contributed by atoms with Gasteiger partial charge in [-0.3, -0.25) is 0 Å². The summed E-state index contributed by atoms with van der Waals surface area (Å²) in [5.74, 6) is 0. The Morgan fingerprint density at radius 1 is 0.667 bits per heavy atom. The van der Waals surface area contributed by atoms with Gasteiger partial charge in [-0.25, -0.2) is 0 Å². The minimum Gasteiger partial charge on any atom is -0.0840 e. The van der Waals surface area contributed by atoms with Gasteiger partial charge in [0.2, 0.25) is 0 Å². The van der Waals surface area contributed by atoms with Crippen molar-refractivity contribution in [2.24, 2.45) is 0 Å². The fourth-order valence-corrected chi connectivity index (χ4v) is 3.50. The molecular weight excluding hydrogens is 312 g/mol. The van der Waals surface area contributed by atoms with Crippen LogP contribution in [0.15, 0.2) is 42.5 Å². The summed E-state index contributed by atoms with van der Waals surface area (Å²) in [6.07, 6.45) is 0. The fraction of sp³-hybridized carbons (Fsp3) is 0.478. The van der Waals surface area contributed by atoms with Gasteiger partial charge in [0.1, 0.15) is 0 Å². The van der Waals surface area contributed by atoms with Crippen molar-refractivity contribution in [3.8, 4) is 0 Å². The van der Waals surface area contributed by atoms with Crippen LogP contribution in [0, 0.1) is 13.8 Å². The van der Waals surface area contributed by atoms with Gasteiger partial charge in [0, 0.05) is 5.02 Å². The first kappa shape index (κ1) is 22.7. The van der Waals surface area contributed by atoms with Crippen LogP contribution < -0.4 is 0 Å². The third kappa shape index (κ3) is 6.32. The maximum Gasteiger partial charge on any atom is 0.0445 e. The SMILES string of the molecule is C.Cc1cccc(Cl)c1C(C)(C)C.Cc1ccccc1C(C)(C)C. The summed E-state index contributed by atoms with van der Waals surface area (Å²) in [4.78, 5) is 0. The maximum absolute atomic E-state index is 6.11. The molecule has 24 heavy (non-hydrogen) atoms. The third-order valence-corrected chi connectivity index (χ3v) is 4.24. The lowest BCUT2D eigenvalue weighted by atomic mass is 9.84. The molecule has 0 nitrogen and oxygen atoms in total. The van der Waals surface area contributed by atoms with Crippen LogP contribution in [0.3, 0.4) is 0 Å². The Morgan fingerprint density at radius 3 is 1.50 bits per heavy atom. The number of hydrogen-bond donors (Lipinski definition) is 0. The van der Waals surface area contributed by atoms with E-state index in [1.165, 1.54) is 22.3 Å². The molecule has 0 radical (unpaired) electrons. The van der Waals surface area contributed by atoms with Crippen LogP contribution in [0.25, 0.3) is 0 Å². The summed E-state index contributed by atoms with van der Waals surface area (Å²) in [5.41, 5.74) is 5.79. The lowest BCUT2D eigenvalue weighted by molar-refractivity contribution is 0.586. The second-order valence-corrected chi connectivity index (χ2v) is 8.65. The van der Waals surface area contributed by atoms with E-state index in [1.807, 2.05) is 12.1 Å². The van der Waals surface area contributed by atoms with E-state index in [4.69, 9.17) is 11.6 Å². The van der Waals surface area contributed by atoms with Crippen LogP contribution in [0.5, 0.6) is 0 Å². The standard InChI is InChI=1S/C11H15Cl.C11H16.CH4/c1-8-6-5-7-9(12)10(8)11(2,3)4;1-9-7-5-6-8-10(9)11(2,3)4;/h5-7H,1-4H3;5-8H,1-4H3;1H4. The molecular formula is C23H35Cl. The topological polar surface area (TPSA) is 0 Å². The van der Waals surface area contributed by atoms with Crippen LogP contribution in [0.1, 0.15) is 71.2 Å². The van der Waals surface area contributed by atoms with Gasteiger partial charge in [0.25, 0.3) is 0 Å². The van der Waals surface area contributed by atoms with E-state index in [2.05, 4.69) is 85.7 Å². The predicted octanol–water partition coefficient (Wildman–Crippen LogP) is 7.87. The molecule has 0 bridgehead atoms. The average Bonchev–Trinajstić information content (AvgIpc) is 2.36. The van der Waals surface area contributed by atoms with Crippen molar-refractivity contribution >= 4 is 11.6 Å². The van der Waals surface area contributed by atoms with E-state index in [-0.39, 0.29) is 18.3 Å². The summed E-state index contributed by atoms with van der Waals surface area (Å²) in [6.45, 7) is 17.6. The summed E-state index contributed by atoms with van der Waals surface area (Å²) in [5, 5.41) is 0.877. The lowest BCUT2D eigenvalue weighted by Crippen LogP contribution is -2.13. The highest BCUT2D eigenvalue weighted by atomic mass is 35.5. The van der Waals surface area contributed by atoms with Crippen LogP contribution in [-0.4, -0.2) is 0 Å². The van der Waals surface area contributed by atoms with Gasteiger partial charge in [0.05, 0.1) is 0 Å². The molecule has 2 aromatic rings. The predicted molar refractivity (Wildman–Crippen MR) is 111 cm³/mol. The second-order valence-electron chi connectivity index (χ2n) is 8.25. The Kier molecular flexibility index (Phi) is 8.26. The quantitative estimate of drug-likeness (QED) is 0.455. The van der Waals surface area contributed by atoms with Crippen molar-refractivity contribution in [1.82, 2.24) is 0 Å². The number of aryl methyl sites for hydroxylation is 2. The molecule has 0 aliphatic heterocycles. The fourth-order valence-electron chi connectivity index (χ4n) is 3.00. The number of benzene rings is 2. The number of rotatable bonds is 0. The van der Waals surface area contributed by atoms with Gasteiger partial charge in [0.15, 0.2) is 0 Å². The van der Waals surface area contributed by atoms with Crippen LogP contribution in [0.4, 0.5) is 0 Å². The summed E-state index contributed by atoms with van der Waals surface area (Å²) in [7, 11) is 0.